The molecule has 1 amide bonds. The summed E-state index contributed by atoms with van der Waals surface area (Å²) in [6.45, 7) is 2.09. The van der Waals surface area contributed by atoms with Crippen LogP contribution in [0.5, 0.6) is 0 Å². The number of nitrogens with one attached hydrogen (secondary N) is 1. The van der Waals surface area contributed by atoms with Crippen molar-refractivity contribution < 1.29 is 9.18 Å². The molecule has 1 rings (SSSR count). The van der Waals surface area contributed by atoms with E-state index in [2.05, 4.69) is 10.3 Å². The van der Waals surface area contributed by atoms with Gasteiger partial charge in [0.15, 0.2) is 0 Å². The first-order chi connectivity index (χ1) is 7.18. The molecular formula is C11H13FN2O. The summed E-state index contributed by atoms with van der Waals surface area (Å²) in [5.74, 6) is -0.516. The molecule has 15 heavy (non-hydrogen) atoms. The van der Waals surface area contributed by atoms with Crippen molar-refractivity contribution in [1.82, 2.24) is 10.3 Å². The van der Waals surface area contributed by atoms with E-state index < -0.39 is 5.95 Å². The highest BCUT2D eigenvalue weighted by Gasteiger charge is 1.90. The zero-order valence-corrected chi connectivity index (χ0v) is 8.53. The van der Waals surface area contributed by atoms with E-state index in [4.69, 9.17) is 0 Å². The lowest BCUT2D eigenvalue weighted by Crippen LogP contribution is -2.20. The molecule has 0 aliphatic heterocycles. The van der Waals surface area contributed by atoms with E-state index in [9.17, 15) is 9.18 Å². The summed E-state index contributed by atoms with van der Waals surface area (Å²) >= 11 is 0. The quantitative estimate of drug-likeness (QED) is 0.605. The van der Waals surface area contributed by atoms with Crippen molar-refractivity contribution in [3.63, 3.8) is 0 Å². The summed E-state index contributed by atoms with van der Waals surface area (Å²) < 4.78 is 12.4. The summed E-state index contributed by atoms with van der Waals surface area (Å²) in [7, 11) is 0. The number of hydrogen-bond donors (Lipinski definition) is 1. The van der Waals surface area contributed by atoms with Crippen molar-refractivity contribution >= 4 is 12.0 Å². The van der Waals surface area contributed by atoms with Gasteiger partial charge in [0.2, 0.25) is 11.9 Å². The smallest absolute Gasteiger partial charge is 0.216 e. The Labute approximate surface area is 88.0 Å². The average molecular weight is 208 g/mol. The van der Waals surface area contributed by atoms with Gasteiger partial charge in [0.1, 0.15) is 0 Å². The Kier molecular flexibility index (Phi) is 4.47. The minimum atomic E-state index is -0.481. The van der Waals surface area contributed by atoms with Crippen molar-refractivity contribution in [2.75, 3.05) is 6.54 Å². The van der Waals surface area contributed by atoms with Gasteiger partial charge in [-0.25, -0.2) is 4.98 Å². The highest BCUT2D eigenvalue weighted by atomic mass is 19.1. The van der Waals surface area contributed by atoms with Crippen LogP contribution in [0.1, 0.15) is 18.9 Å². The number of carbonyl (C=O) groups is 1. The Hall–Kier alpha value is -1.71. The van der Waals surface area contributed by atoms with Crippen LogP contribution in [0, 0.1) is 5.95 Å². The first-order valence-electron chi connectivity index (χ1n) is 4.71. The fourth-order valence-electron chi connectivity index (χ4n) is 1.04. The molecule has 0 bridgehead atoms. The third-order valence-electron chi connectivity index (χ3n) is 1.75. The van der Waals surface area contributed by atoms with Crippen LogP contribution in [0.2, 0.25) is 0 Å². The standard InChI is InChI=1S/C11H13FN2O/c1-9(15)13-7-3-2-4-10-5-6-11(12)14-8-10/h2,4-6,8H,3,7H2,1H3,(H,13,15). The molecule has 0 atom stereocenters. The van der Waals surface area contributed by atoms with Crippen molar-refractivity contribution in [2.45, 2.75) is 13.3 Å². The number of nitrogens with zero attached hydrogens (tertiary/aromatic N) is 1. The van der Waals surface area contributed by atoms with Gasteiger partial charge in [0, 0.05) is 19.7 Å². The monoisotopic (exact) mass is 208 g/mol. The predicted molar refractivity (Wildman–Crippen MR) is 56.5 cm³/mol. The van der Waals surface area contributed by atoms with Gasteiger partial charge in [-0.15, -0.1) is 0 Å². The molecule has 0 saturated carbocycles. The van der Waals surface area contributed by atoms with Crippen LogP contribution in [0.15, 0.2) is 24.4 Å². The van der Waals surface area contributed by atoms with Crippen LogP contribution in [-0.4, -0.2) is 17.4 Å². The average Bonchev–Trinajstić information content (AvgIpc) is 2.20. The molecule has 1 N–H and O–H groups in total. The van der Waals surface area contributed by atoms with Crippen LogP contribution >= 0.6 is 0 Å². The third-order valence-corrected chi connectivity index (χ3v) is 1.75. The Bertz CT molecular complexity index is 346. The van der Waals surface area contributed by atoms with Gasteiger partial charge in [0.05, 0.1) is 0 Å². The maximum absolute atomic E-state index is 12.4. The second-order valence-corrected chi connectivity index (χ2v) is 3.09. The number of pyridine rings is 1. The van der Waals surface area contributed by atoms with Gasteiger partial charge < -0.3 is 5.32 Å². The molecule has 0 spiro atoms. The summed E-state index contributed by atoms with van der Waals surface area (Å²) in [5, 5.41) is 2.68. The summed E-state index contributed by atoms with van der Waals surface area (Å²) in [5.41, 5.74) is 0.847. The Morgan fingerprint density at radius 1 is 1.60 bits per heavy atom. The molecule has 0 aliphatic rings. The van der Waals surface area contributed by atoms with Gasteiger partial charge in [0.25, 0.3) is 0 Å². The zero-order chi connectivity index (χ0) is 11.1. The van der Waals surface area contributed by atoms with Crippen molar-refractivity contribution in [3.8, 4) is 0 Å². The minimum absolute atomic E-state index is 0.0353. The van der Waals surface area contributed by atoms with E-state index in [1.165, 1.54) is 19.2 Å². The van der Waals surface area contributed by atoms with Gasteiger partial charge in [-0.1, -0.05) is 12.2 Å². The van der Waals surface area contributed by atoms with Gasteiger partial charge in [-0.3, -0.25) is 4.79 Å². The molecule has 0 saturated heterocycles. The maximum Gasteiger partial charge on any atom is 0.216 e. The van der Waals surface area contributed by atoms with E-state index in [1.54, 1.807) is 6.07 Å². The molecule has 80 valence electrons. The normalized spacial score (nSPS) is 10.5. The van der Waals surface area contributed by atoms with Crippen LogP contribution in [0.3, 0.4) is 0 Å². The van der Waals surface area contributed by atoms with E-state index in [-0.39, 0.29) is 5.91 Å². The van der Waals surface area contributed by atoms with Crippen molar-refractivity contribution in [3.05, 3.63) is 35.9 Å². The van der Waals surface area contributed by atoms with Crippen LogP contribution in [0.4, 0.5) is 4.39 Å². The summed E-state index contributed by atoms with van der Waals surface area (Å²) in [4.78, 5) is 14.0. The number of hydrogen-bond acceptors (Lipinski definition) is 2. The molecule has 1 aromatic heterocycles. The highest BCUT2D eigenvalue weighted by Crippen LogP contribution is 2.01. The maximum atomic E-state index is 12.4. The molecule has 4 heteroatoms. The molecule has 0 unspecified atom stereocenters. The van der Waals surface area contributed by atoms with Gasteiger partial charge >= 0.3 is 0 Å². The van der Waals surface area contributed by atoms with Crippen molar-refractivity contribution in [1.29, 1.82) is 0 Å². The topological polar surface area (TPSA) is 42.0 Å². The first kappa shape index (κ1) is 11.4. The predicted octanol–water partition coefficient (Wildman–Crippen LogP) is 1.76. The second-order valence-electron chi connectivity index (χ2n) is 3.09. The number of rotatable bonds is 4. The zero-order valence-electron chi connectivity index (χ0n) is 8.53. The number of carbonyl (C=O) groups excluding carboxylic acids is 1. The highest BCUT2D eigenvalue weighted by molar-refractivity contribution is 5.72. The van der Waals surface area contributed by atoms with Gasteiger partial charge in [-0.2, -0.15) is 4.39 Å². The molecular weight excluding hydrogens is 195 g/mol. The summed E-state index contributed by atoms with van der Waals surface area (Å²) in [6, 6.07) is 2.96. The molecule has 1 aromatic rings. The number of amides is 1. The van der Waals surface area contributed by atoms with E-state index in [0.717, 1.165) is 12.0 Å². The Balaban J connectivity index is 2.32. The molecule has 0 fully saturated rings. The Morgan fingerprint density at radius 2 is 2.40 bits per heavy atom. The summed E-state index contributed by atoms with van der Waals surface area (Å²) in [6.07, 6.45) is 5.96. The van der Waals surface area contributed by atoms with Crippen LogP contribution in [-0.2, 0) is 4.79 Å². The van der Waals surface area contributed by atoms with Crippen LogP contribution in [0.25, 0.3) is 6.08 Å². The fraction of sp³-hybridized carbons (Fsp3) is 0.273. The van der Waals surface area contributed by atoms with Gasteiger partial charge in [-0.05, 0) is 24.1 Å². The lowest BCUT2D eigenvalue weighted by molar-refractivity contribution is -0.118. The molecule has 0 radical (unpaired) electrons. The molecule has 3 nitrogen and oxygen atoms in total. The van der Waals surface area contributed by atoms with Crippen LogP contribution < -0.4 is 5.32 Å². The Morgan fingerprint density at radius 3 is 3.00 bits per heavy atom. The molecule has 1 heterocycles. The van der Waals surface area contributed by atoms with E-state index in [0.29, 0.717) is 6.54 Å². The van der Waals surface area contributed by atoms with E-state index in [1.807, 2.05) is 12.2 Å². The number of aromatic nitrogens is 1. The lowest BCUT2D eigenvalue weighted by Gasteiger charge is -1.96. The number of halogens is 1. The molecule has 0 aliphatic carbocycles. The second kappa shape index (κ2) is 5.90. The third kappa shape index (κ3) is 4.90. The first-order valence-corrected chi connectivity index (χ1v) is 4.71. The minimum Gasteiger partial charge on any atom is -0.356 e. The molecule has 0 aromatic carbocycles. The largest absolute Gasteiger partial charge is 0.356 e. The SMILES string of the molecule is CC(=O)NCCC=Cc1ccc(F)nc1. The fourth-order valence-corrected chi connectivity index (χ4v) is 1.04. The lowest BCUT2D eigenvalue weighted by atomic mass is 10.2. The van der Waals surface area contributed by atoms with Crippen molar-refractivity contribution in [2.24, 2.45) is 0 Å². The van der Waals surface area contributed by atoms with E-state index >= 15 is 0 Å².